The van der Waals surface area contributed by atoms with Crippen LogP contribution in [0.5, 0.6) is 0 Å². The van der Waals surface area contributed by atoms with Crippen LogP contribution in [0.25, 0.3) is 0 Å². The topological polar surface area (TPSA) is 66.8 Å². The second-order valence-corrected chi connectivity index (χ2v) is 4.82. The Morgan fingerprint density at radius 3 is 2.85 bits per heavy atom. The highest BCUT2D eigenvalue weighted by Gasteiger charge is 2.31. The van der Waals surface area contributed by atoms with Gasteiger partial charge in [-0.25, -0.2) is 0 Å². The highest BCUT2D eigenvalue weighted by Crippen LogP contribution is 2.30. The van der Waals surface area contributed by atoms with Crippen molar-refractivity contribution in [2.75, 3.05) is 24.7 Å². The van der Waals surface area contributed by atoms with Gasteiger partial charge in [0.25, 0.3) is 0 Å². The lowest BCUT2D eigenvalue weighted by atomic mass is 9.92. The van der Waals surface area contributed by atoms with E-state index in [2.05, 4.69) is 0 Å². The van der Waals surface area contributed by atoms with E-state index in [4.69, 9.17) is 4.74 Å². The van der Waals surface area contributed by atoms with Crippen LogP contribution in [-0.4, -0.2) is 36.7 Å². The van der Waals surface area contributed by atoms with E-state index in [0.717, 1.165) is 11.3 Å². The number of carbonyl (C=O) groups is 2. The predicted octanol–water partition coefficient (Wildman–Crippen LogP) is 1.70. The van der Waals surface area contributed by atoms with E-state index in [1.807, 2.05) is 31.2 Å². The van der Waals surface area contributed by atoms with E-state index in [0.29, 0.717) is 19.6 Å². The van der Waals surface area contributed by atoms with Crippen molar-refractivity contribution < 1.29 is 19.4 Å². The van der Waals surface area contributed by atoms with Gasteiger partial charge in [0.05, 0.1) is 18.9 Å². The summed E-state index contributed by atoms with van der Waals surface area (Å²) < 4.78 is 5.19. The summed E-state index contributed by atoms with van der Waals surface area (Å²) in [5.41, 5.74) is 1.74. The molecule has 0 aromatic heterocycles. The third kappa shape index (κ3) is 3.17. The van der Waals surface area contributed by atoms with Crippen molar-refractivity contribution in [1.29, 1.82) is 0 Å². The van der Waals surface area contributed by atoms with Gasteiger partial charge in [0.2, 0.25) is 5.91 Å². The van der Waals surface area contributed by atoms with E-state index in [9.17, 15) is 14.7 Å². The number of rotatable bonds is 5. The molecule has 108 valence electrons. The maximum atomic E-state index is 12.3. The van der Waals surface area contributed by atoms with Gasteiger partial charge in [-0.15, -0.1) is 0 Å². The average molecular weight is 277 g/mol. The van der Waals surface area contributed by atoms with Crippen molar-refractivity contribution in [2.24, 2.45) is 5.92 Å². The fourth-order valence-corrected chi connectivity index (χ4v) is 2.44. The van der Waals surface area contributed by atoms with E-state index < -0.39 is 11.9 Å². The summed E-state index contributed by atoms with van der Waals surface area (Å²) in [5.74, 6) is -1.49. The maximum Gasteiger partial charge on any atom is 0.308 e. The van der Waals surface area contributed by atoms with Crippen LogP contribution in [0.1, 0.15) is 18.9 Å². The largest absolute Gasteiger partial charge is 0.481 e. The fraction of sp³-hybridized carbons (Fsp3) is 0.467. The molecule has 1 amide bonds. The second kappa shape index (κ2) is 6.52. The van der Waals surface area contributed by atoms with E-state index in [-0.39, 0.29) is 18.9 Å². The third-order valence-corrected chi connectivity index (χ3v) is 3.47. The normalized spacial score (nSPS) is 17.6. The molecular weight excluding hydrogens is 258 g/mol. The number of fused-ring (bicyclic) bond motifs is 1. The molecule has 1 aromatic carbocycles. The zero-order chi connectivity index (χ0) is 14.5. The Hall–Kier alpha value is -1.88. The van der Waals surface area contributed by atoms with Crippen molar-refractivity contribution in [3.63, 3.8) is 0 Å². The number of aliphatic carboxylic acids is 1. The minimum atomic E-state index is -0.859. The number of carboxylic acids is 1. The number of ether oxygens (including phenoxy) is 1. The molecule has 2 rings (SSSR count). The number of anilines is 1. The summed E-state index contributed by atoms with van der Waals surface area (Å²) in [6, 6.07) is 7.48. The Morgan fingerprint density at radius 1 is 1.40 bits per heavy atom. The molecule has 1 aliphatic rings. The summed E-state index contributed by atoms with van der Waals surface area (Å²) in [4.78, 5) is 25.1. The molecule has 5 nitrogen and oxygen atoms in total. The lowest BCUT2D eigenvalue weighted by molar-refractivity contribution is -0.141. The number of hydrogen-bond acceptors (Lipinski definition) is 3. The summed E-state index contributed by atoms with van der Waals surface area (Å²) in [7, 11) is 0. The van der Waals surface area contributed by atoms with E-state index in [1.165, 1.54) is 0 Å². The maximum absolute atomic E-state index is 12.3. The van der Waals surface area contributed by atoms with Crippen LogP contribution < -0.4 is 4.90 Å². The molecule has 1 unspecified atom stereocenters. The number of carboxylic acid groups (broad SMARTS) is 1. The fourth-order valence-electron chi connectivity index (χ4n) is 2.44. The molecular formula is C15H19NO4. The first kappa shape index (κ1) is 14.5. The summed E-state index contributed by atoms with van der Waals surface area (Å²) in [6.45, 7) is 3.05. The van der Waals surface area contributed by atoms with Gasteiger partial charge in [0.1, 0.15) is 0 Å². The summed E-state index contributed by atoms with van der Waals surface area (Å²) in [6.07, 6.45) is 0.745. The molecule has 0 saturated carbocycles. The van der Waals surface area contributed by atoms with Gasteiger partial charge in [0, 0.05) is 18.8 Å². The molecule has 0 radical (unpaired) electrons. The Bertz CT molecular complexity index is 500. The molecule has 0 saturated heterocycles. The van der Waals surface area contributed by atoms with Gasteiger partial charge in [-0.05, 0) is 25.0 Å². The zero-order valence-electron chi connectivity index (χ0n) is 11.5. The van der Waals surface area contributed by atoms with Crippen LogP contribution >= 0.6 is 0 Å². The van der Waals surface area contributed by atoms with Crippen molar-refractivity contribution in [2.45, 2.75) is 19.8 Å². The summed E-state index contributed by atoms with van der Waals surface area (Å²) >= 11 is 0. The number of amides is 1. The number of para-hydroxylation sites is 1. The molecule has 0 aliphatic carbocycles. The van der Waals surface area contributed by atoms with Crippen molar-refractivity contribution in [3.05, 3.63) is 29.8 Å². The van der Waals surface area contributed by atoms with Gasteiger partial charge < -0.3 is 14.7 Å². The van der Waals surface area contributed by atoms with Gasteiger partial charge in [-0.3, -0.25) is 9.59 Å². The molecule has 5 heteroatoms. The Balaban J connectivity index is 2.18. The molecule has 0 spiro atoms. The van der Waals surface area contributed by atoms with Gasteiger partial charge in [0.15, 0.2) is 0 Å². The first-order valence-electron chi connectivity index (χ1n) is 6.82. The van der Waals surface area contributed by atoms with Gasteiger partial charge in [-0.1, -0.05) is 18.2 Å². The number of nitrogens with zero attached hydrogens (tertiary/aromatic N) is 1. The second-order valence-electron chi connectivity index (χ2n) is 4.82. The SMILES string of the molecule is CCOCCC(=O)N1CC(C(=O)O)Cc2ccccc21. The lowest BCUT2D eigenvalue weighted by Crippen LogP contribution is -2.42. The molecule has 1 heterocycles. The predicted molar refractivity (Wildman–Crippen MR) is 74.7 cm³/mol. The highest BCUT2D eigenvalue weighted by molar-refractivity contribution is 5.95. The first-order chi connectivity index (χ1) is 9.63. The summed E-state index contributed by atoms with van der Waals surface area (Å²) in [5, 5.41) is 9.21. The Morgan fingerprint density at radius 2 is 2.15 bits per heavy atom. The first-order valence-corrected chi connectivity index (χ1v) is 6.82. The average Bonchev–Trinajstić information content (AvgIpc) is 2.46. The van der Waals surface area contributed by atoms with E-state index in [1.54, 1.807) is 4.90 Å². The van der Waals surface area contributed by atoms with Crippen LogP contribution in [0.15, 0.2) is 24.3 Å². The van der Waals surface area contributed by atoms with Crippen LogP contribution in [-0.2, 0) is 20.7 Å². The van der Waals surface area contributed by atoms with E-state index >= 15 is 0 Å². The molecule has 20 heavy (non-hydrogen) atoms. The number of hydrogen-bond donors (Lipinski definition) is 1. The third-order valence-electron chi connectivity index (χ3n) is 3.47. The Kier molecular flexibility index (Phi) is 4.74. The number of carbonyl (C=O) groups excluding carboxylic acids is 1. The van der Waals surface area contributed by atoms with Gasteiger partial charge >= 0.3 is 5.97 Å². The minimum Gasteiger partial charge on any atom is -0.481 e. The molecule has 1 aromatic rings. The number of benzene rings is 1. The molecule has 0 fully saturated rings. The smallest absolute Gasteiger partial charge is 0.308 e. The molecule has 1 N–H and O–H groups in total. The minimum absolute atomic E-state index is 0.0862. The highest BCUT2D eigenvalue weighted by atomic mass is 16.5. The lowest BCUT2D eigenvalue weighted by Gasteiger charge is -2.33. The van der Waals surface area contributed by atoms with Gasteiger partial charge in [-0.2, -0.15) is 0 Å². The van der Waals surface area contributed by atoms with Crippen LogP contribution in [0.3, 0.4) is 0 Å². The molecule has 1 aliphatic heterocycles. The van der Waals surface area contributed by atoms with Crippen LogP contribution in [0.2, 0.25) is 0 Å². The van der Waals surface area contributed by atoms with Crippen LogP contribution in [0, 0.1) is 5.92 Å². The van der Waals surface area contributed by atoms with Crippen molar-refractivity contribution in [1.82, 2.24) is 0 Å². The quantitative estimate of drug-likeness (QED) is 0.832. The standard InChI is InChI=1S/C15H19NO4/c1-2-20-8-7-14(17)16-10-12(15(18)19)9-11-5-3-4-6-13(11)16/h3-6,12H,2,7-10H2,1H3,(H,18,19). The zero-order valence-corrected chi connectivity index (χ0v) is 11.5. The Labute approximate surface area is 118 Å². The van der Waals surface area contributed by atoms with Crippen LogP contribution in [0.4, 0.5) is 5.69 Å². The van der Waals surface area contributed by atoms with Crippen molar-refractivity contribution in [3.8, 4) is 0 Å². The molecule has 1 atom stereocenters. The van der Waals surface area contributed by atoms with Crippen molar-refractivity contribution >= 4 is 17.6 Å². The monoisotopic (exact) mass is 277 g/mol. The molecule has 0 bridgehead atoms.